The lowest BCUT2D eigenvalue weighted by atomic mass is 10.1. The molecule has 7 nitrogen and oxygen atoms in total. The molecule has 3 rings (SSSR count). The highest BCUT2D eigenvalue weighted by Crippen LogP contribution is 2.21. The van der Waals surface area contributed by atoms with Crippen LogP contribution in [0.5, 0.6) is 5.75 Å². The van der Waals surface area contributed by atoms with Crippen LogP contribution < -0.4 is 10.1 Å². The van der Waals surface area contributed by atoms with Crippen LogP contribution in [0.2, 0.25) is 0 Å². The lowest BCUT2D eigenvalue weighted by Gasteiger charge is -2.19. The molecule has 0 fully saturated rings. The van der Waals surface area contributed by atoms with Crippen molar-refractivity contribution in [3.63, 3.8) is 0 Å². The Morgan fingerprint density at radius 2 is 1.81 bits per heavy atom. The van der Waals surface area contributed by atoms with Gasteiger partial charge in [0.1, 0.15) is 29.6 Å². The van der Waals surface area contributed by atoms with Gasteiger partial charge in [0, 0.05) is 6.54 Å². The highest BCUT2D eigenvalue weighted by molar-refractivity contribution is 5.67. The Kier molecular flexibility index (Phi) is 7.16. The zero-order valence-electron chi connectivity index (χ0n) is 18.9. The summed E-state index contributed by atoms with van der Waals surface area (Å²) in [5, 5.41) is 16.8. The summed E-state index contributed by atoms with van der Waals surface area (Å²) in [5.41, 5.74) is 3.34. The third-order valence-corrected chi connectivity index (χ3v) is 4.65. The Bertz CT molecular complexity index is 1090. The molecule has 1 N–H and O–H groups in total. The van der Waals surface area contributed by atoms with Crippen molar-refractivity contribution in [1.82, 2.24) is 15.1 Å². The molecule has 0 atom stereocenters. The summed E-state index contributed by atoms with van der Waals surface area (Å²) in [4.78, 5) is 11.7. The van der Waals surface area contributed by atoms with Crippen molar-refractivity contribution < 1.29 is 14.3 Å². The first-order valence-corrected chi connectivity index (χ1v) is 10.5. The molecule has 0 unspecified atom stereocenters. The fraction of sp³-hybridized carbons (Fsp3) is 0.320. The largest absolute Gasteiger partial charge is 0.487 e. The first kappa shape index (κ1) is 22.9. The second-order valence-electron chi connectivity index (χ2n) is 8.38. The summed E-state index contributed by atoms with van der Waals surface area (Å²) in [6.07, 6.45) is 0.258. The van der Waals surface area contributed by atoms with E-state index in [4.69, 9.17) is 9.47 Å². The number of benzene rings is 2. The molecule has 3 aromatic rings. The Morgan fingerprint density at radius 1 is 1.12 bits per heavy atom. The minimum atomic E-state index is -0.511. The van der Waals surface area contributed by atoms with Crippen LogP contribution in [0, 0.1) is 18.3 Å². The Balaban J connectivity index is 1.60. The van der Waals surface area contributed by atoms with Crippen molar-refractivity contribution in [2.75, 3.05) is 6.54 Å². The van der Waals surface area contributed by atoms with Gasteiger partial charge in [-0.25, -0.2) is 9.48 Å². The normalized spacial score (nSPS) is 11.0. The molecule has 0 aliphatic carbocycles. The molecule has 7 heteroatoms. The molecule has 2 aromatic carbocycles. The topological polar surface area (TPSA) is 89.2 Å². The first-order valence-electron chi connectivity index (χ1n) is 10.5. The van der Waals surface area contributed by atoms with E-state index in [1.54, 1.807) is 4.68 Å². The first-order chi connectivity index (χ1) is 15.3. The van der Waals surface area contributed by atoms with Crippen LogP contribution in [-0.2, 0) is 17.8 Å². The summed E-state index contributed by atoms with van der Waals surface area (Å²) in [6.45, 7) is 8.02. The van der Waals surface area contributed by atoms with Crippen LogP contribution in [0.25, 0.3) is 5.69 Å². The standard InChI is InChI=1S/C25H28N4O3/c1-18-22(16-26)23(29(28-18)20-8-6-5-7-9-20)17-31-21-12-10-19(11-13-21)14-15-27-24(30)32-25(2,3)4/h5-13H,14-15,17H2,1-4H3,(H,27,30). The quantitative estimate of drug-likeness (QED) is 0.585. The van der Waals surface area contributed by atoms with E-state index < -0.39 is 11.7 Å². The smallest absolute Gasteiger partial charge is 0.407 e. The molecular formula is C25H28N4O3. The third-order valence-electron chi connectivity index (χ3n) is 4.65. The van der Waals surface area contributed by atoms with Crippen molar-refractivity contribution in [2.45, 2.75) is 46.3 Å². The predicted octanol–water partition coefficient (Wildman–Crippen LogP) is 4.70. The molecule has 0 saturated carbocycles. The summed E-state index contributed by atoms with van der Waals surface area (Å²) in [6, 6.07) is 19.6. The summed E-state index contributed by atoms with van der Waals surface area (Å²) in [5.74, 6) is 0.691. The van der Waals surface area contributed by atoms with Gasteiger partial charge in [0.15, 0.2) is 0 Å². The Morgan fingerprint density at radius 3 is 2.44 bits per heavy atom. The number of aryl methyl sites for hydroxylation is 1. The van der Waals surface area contributed by atoms with Gasteiger partial charge in [-0.15, -0.1) is 0 Å². The second kappa shape index (κ2) is 10.0. The fourth-order valence-electron chi connectivity index (χ4n) is 3.16. The van der Waals surface area contributed by atoms with Crippen LogP contribution in [0.15, 0.2) is 54.6 Å². The minimum Gasteiger partial charge on any atom is -0.487 e. The maximum atomic E-state index is 11.7. The molecule has 0 aliphatic rings. The van der Waals surface area contributed by atoms with E-state index in [0.29, 0.717) is 35.7 Å². The number of nitriles is 1. The van der Waals surface area contributed by atoms with Gasteiger partial charge in [-0.1, -0.05) is 30.3 Å². The maximum Gasteiger partial charge on any atom is 0.407 e. The third kappa shape index (κ3) is 6.11. The lowest BCUT2D eigenvalue weighted by molar-refractivity contribution is 0.0528. The molecule has 0 bridgehead atoms. The maximum absolute atomic E-state index is 11.7. The highest BCUT2D eigenvalue weighted by Gasteiger charge is 2.17. The molecule has 0 radical (unpaired) electrons. The Hall–Kier alpha value is -3.79. The number of para-hydroxylation sites is 1. The van der Waals surface area contributed by atoms with Crippen LogP contribution in [0.4, 0.5) is 4.79 Å². The number of carbonyl (C=O) groups is 1. The lowest BCUT2D eigenvalue weighted by Crippen LogP contribution is -2.33. The molecule has 0 saturated heterocycles. The molecule has 166 valence electrons. The summed E-state index contributed by atoms with van der Waals surface area (Å²) in [7, 11) is 0. The number of aromatic nitrogens is 2. The van der Waals surface area contributed by atoms with Crippen molar-refractivity contribution in [1.29, 1.82) is 5.26 Å². The van der Waals surface area contributed by atoms with E-state index in [1.165, 1.54) is 0 Å². The van der Waals surface area contributed by atoms with Crippen LogP contribution in [-0.4, -0.2) is 28.0 Å². The van der Waals surface area contributed by atoms with Gasteiger partial charge in [-0.05, 0) is 63.9 Å². The summed E-state index contributed by atoms with van der Waals surface area (Å²) < 4.78 is 12.9. The van der Waals surface area contributed by atoms with Crippen LogP contribution >= 0.6 is 0 Å². The molecule has 1 heterocycles. The molecule has 1 aromatic heterocycles. The van der Waals surface area contributed by atoms with E-state index in [0.717, 1.165) is 11.3 Å². The number of alkyl carbamates (subject to hydrolysis) is 1. The van der Waals surface area contributed by atoms with Gasteiger partial charge in [-0.2, -0.15) is 10.4 Å². The SMILES string of the molecule is Cc1nn(-c2ccccc2)c(COc2ccc(CCNC(=O)OC(C)(C)C)cc2)c1C#N. The van der Waals surface area contributed by atoms with E-state index in [-0.39, 0.29) is 6.61 Å². The molecule has 1 amide bonds. The number of carbonyl (C=O) groups excluding carboxylic acids is 1. The summed E-state index contributed by atoms with van der Waals surface area (Å²) >= 11 is 0. The van der Waals surface area contributed by atoms with Gasteiger partial charge in [-0.3, -0.25) is 0 Å². The van der Waals surface area contributed by atoms with Crippen molar-refractivity contribution in [2.24, 2.45) is 0 Å². The zero-order valence-corrected chi connectivity index (χ0v) is 18.9. The number of rotatable bonds is 7. The van der Waals surface area contributed by atoms with Gasteiger partial charge in [0.2, 0.25) is 0 Å². The van der Waals surface area contributed by atoms with E-state index in [1.807, 2.05) is 82.3 Å². The van der Waals surface area contributed by atoms with Crippen LogP contribution in [0.1, 0.15) is 43.3 Å². The predicted molar refractivity (Wildman–Crippen MR) is 122 cm³/mol. The fourth-order valence-corrected chi connectivity index (χ4v) is 3.16. The zero-order chi connectivity index (χ0) is 23.1. The average Bonchev–Trinajstić information content (AvgIpc) is 3.07. The molecule has 0 aliphatic heterocycles. The number of hydrogen-bond donors (Lipinski definition) is 1. The van der Waals surface area contributed by atoms with Gasteiger partial charge in [0.05, 0.1) is 17.1 Å². The average molecular weight is 433 g/mol. The van der Waals surface area contributed by atoms with E-state index in [2.05, 4.69) is 16.5 Å². The highest BCUT2D eigenvalue weighted by atomic mass is 16.6. The molecule has 32 heavy (non-hydrogen) atoms. The molecule has 0 spiro atoms. The number of amides is 1. The van der Waals surface area contributed by atoms with Gasteiger partial charge < -0.3 is 14.8 Å². The van der Waals surface area contributed by atoms with E-state index >= 15 is 0 Å². The number of hydrogen-bond acceptors (Lipinski definition) is 5. The van der Waals surface area contributed by atoms with Crippen molar-refractivity contribution in [3.8, 4) is 17.5 Å². The van der Waals surface area contributed by atoms with Crippen molar-refractivity contribution in [3.05, 3.63) is 77.1 Å². The Labute approximate surface area is 188 Å². The van der Waals surface area contributed by atoms with E-state index in [9.17, 15) is 10.1 Å². The number of nitrogens with zero attached hydrogens (tertiary/aromatic N) is 3. The monoisotopic (exact) mass is 432 g/mol. The second-order valence-corrected chi connectivity index (χ2v) is 8.38. The van der Waals surface area contributed by atoms with Gasteiger partial charge in [0.25, 0.3) is 0 Å². The van der Waals surface area contributed by atoms with Crippen molar-refractivity contribution >= 4 is 6.09 Å². The van der Waals surface area contributed by atoms with Gasteiger partial charge >= 0.3 is 6.09 Å². The minimum absolute atomic E-state index is 0.220. The number of nitrogens with one attached hydrogen (secondary N) is 1. The molecular weight excluding hydrogens is 404 g/mol. The number of ether oxygens (including phenoxy) is 2. The van der Waals surface area contributed by atoms with Crippen LogP contribution in [0.3, 0.4) is 0 Å².